The Balaban J connectivity index is 1.38. The van der Waals surface area contributed by atoms with E-state index in [1.165, 1.54) is 18.4 Å². The second-order valence-corrected chi connectivity index (χ2v) is 12.7. The van der Waals surface area contributed by atoms with Crippen LogP contribution in [-0.4, -0.2) is 65.0 Å². The number of hydrogen-bond acceptors (Lipinski definition) is 7. The molecule has 2 aliphatic rings. The third kappa shape index (κ3) is 7.42. The average molecular weight is 581 g/mol. The molecule has 1 atom stereocenters. The van der Waals surface area contributed by atoms with Gasteiger partial charge in [-0.2, -0.15) is 0 Å². The summed E-state index contributed by atoms with van der Waals surface area (Å²) in [4.78, 5) is 21.5. The van der Waals surface area contributed by atoms with Crippen molar-refractivity contribution < 1.29 is 27.4 Å². The number of aliphatic hydroxyl groups is 1. The molecule has 0 spiro atoms. The molecule has 41 heavy (non-hydrogen) atoms. The van der Waals surface area contributed by atoms with Crippen LogP contribution < -0.4 is 9.64 Å². The van der Waals surface area contributed by atoms with Gasteiger partial charge < -0.3 is 19.3 Å². The SMILES string of the molecule is CS(=O)(=O)CC[C@H]1CN(c2ccccc2OC2=CCCC(O)=C2)C(=O)CN1Cc1cncn1Cc1cccc(F)c1. The van der Waals surface area contributed by atoms with E-state index in [0.717, 1.165) is 11.3 Å². The van der Waals surface area contributed by atoms with E-state index in [2.05, 4.69) is 4.98 Å². The van der Waals surface area contributed by atoms with Gasteiger partial charge in [-0.05, 0) is 48.7 Å². The smallest absolute Gasteiger partial charge is 0.241 e. The summed E-state index contributed by atoms with van der Waals surface area (Å²) in [6.07, 6.45) is 9.60. The van der Waals surface area contributed by atoms with E-state index in [1.807, 2.05) is 33.7 Å². The standard InChI is InChI=1S/C30H33FN4O5S/c1-41(38,39)13-12-24-19-35(28-10-2-3-11-29(28)40-27-9-5-8-26(36)15-27)30(37)20-33(24)18-25-16-32-21-34(25)17-22-6-4-7-23(31)14-22/h2-4,6-7,9-11,14-16,21,24,36H,5,8,12-13,17-20H2,1H3/t24-/m0/s1. The highest BCUT2D eigenvalue weighted by atomic mass is 32.2. The minimum absolute atomic E-state index is 0.0200. The Hall–Kier alpha value is -3.96. The van der Waals surface area contributed by atoms with E-state index >= 15 is 0 Å². The van der Waals surface area contributed by atoms with Crippen LogP contribution in [0.1, 0.15) is 30.5 Å². The Morgan fingerprint density at radius 1 is 1.15 bits per heavy atom. The molecule has 0 unspecified atom stereocenters. The Bertz CT molecular complexity index is 1580. The summed E-state index contributed by atoms with van der Waals surface area (Å²) in [6, 6.07) is 13.3. The molecule has 216 valence electrons. The zero-order valence-corrected chi connectivity index (χ0v) is 23.6. The van der Waals surface area contributed by atoms with Crippen molar-refractivity contribution in [2.75, 3.05) is 30.0 Å². The summed E-state index contributed by atoms with van der Waals surface area (Å²) in [5, 5.41) is 9.92. The van der Waals surface area contributed by atoms with E-state index < -0.39 is 9.84 Å². The molecule has 1 saturated heterocycles. The first kappa shape index (κ1) is 28.6. The van der Waals surface area contributed by atoms with Crippen LogP contribution in [0.15, 0.2) is 84.7 Å². The molecular formula is C30H33FN4O5S. The maximum atomic E-state index is 13.7. The lowest BCUT2D eigenvalue weighted by molar-refractivity contribution is -0.122. The first-order chi connectivity index (χ1) is 19.6. The largest absolute Gasteiger partial charge is 0.512 e. The minimum atomic E-state index is -3.24. The highest BCUT2D eigenvalue weighted by Crippen LogP contribution is 2.33. The Labute approximate surface area is 239 Å². The number of nitrogens with zero attached hydrogens (tertiary/aromatic N) is 4. The summed E-state index contributed by atoms with van der Waals surface area (Å²) in [7, 11) is -3.24. The average Bonchev–Trinajstić information content (AvgIpc) is 3.34. The molecular weight excluding hydrogens is 547 g/mol. The number of imidazole rings is 1. The zero-order chi connectivity index (χ0) is 29.0. The molecule has 3 aromatic rings. The van der Waals surface area contributed by atoms with E-state index in [4.69, 9.17) is 4.74 Å². The van der Waals surface area contributed by atoms with Crippen molar-refractivity contribution in [1.82, 2.24) is 14.5 Å². The van der Waals surface area contributed by atoms with Crippen LogP contribution in [-0.2, 0) is 27.7 Å². The fraction of sp³-hybridized carbons (Fsp3) is 0.333. The lowest BCUT2D eigenvalue weighted by Crippen LogP contribution is -2.56. The van der Waals surface area contributed by atoms with Gasteiger partial charge in [0.05, 0.1) is 35.8 Å². The number of carbonyl (C=O) groups excluding carboxylic acids is 1. The first-order valence-corrected chi connectivity index (χ1v) is 15.5. The number of aromatic nitrogens is 2. The number of allylic oxidation sites excluding steroid dienone is 3. The van der Waals surface area contributed by atoms with Crippen molar-refractivity contribution in [3.8, 4) is 5.75 Å². The lowest BCUT2D eigenvalue weighted by Gasteiger charge is -2.41. The molecule has 0 saturated carbocycles. The van der Waals surface area contributed by atoms with Crippen LogP contribution in [0.5, 0.6) is 5.75 Å². The number of para-hydroxylation sites is 2. The van der Waals surface area contributed by atoms with Crippen LogP contribution in [0.3, 0.4) is 0 Å². The Morgan fingerprint density at radius 2 is 1.98 bits per heavy atom. The Morgan fingerprint density at radius 3 is 2.76 bits per heavy atom. The van der Waals surface area contributed by atoms with Crippen molar-refractivity contribution >= 4 is 21.4 Å². The number of aliphatic hydroxyl groups excluding tert-OH is 1. The normalized spacial score (nSPS) is 18.2. The van der Waals surface area contributed by atoms with E-state index in [9.17, 15) is 22.7 Å². The molecule has 0 bridgehead atoms. The Kier molecular flexibility index (Phi) is 8.55. The maximum Gasteiger partial charge on any atom is 0.241 e. The van der Waals surface area contributed by atoms with Gasteiger partial charge >= 0.3 is 0 Å². The molecule has 1 fully saturated rings. The summed E-state index contributed by atoms with van der Waals surface area (Å²) < 4.78 is 45.9. The first-order valence-electron chi connectivity index (χ1n) is 13.5. The van der Waals surface area contributed by atoms with Crippen LogP contribution in [0, 0.1) is 5.82 Å². The van der Waals surface area contributed by atoms with E-state index in [-0.39, 0.29) is 42.4 Å². The minimum Gasteiger partial charge on any atom is -0.512 e. The van der Waals surface area contributed by atoms with E-state index in [1.54, 1.807) is 41.7 Å². The number of rotatable bonds is 10. The molecule has 9 nitrogen and oxygen atoms in total. The molecule has 1 aliphatic heterocycles. The number of carbonyl (C=O) groups is 1. The van der Waals surface area contributed by atoms with Crippen molar-refractivity contribution in [2.45, 2.75) is 38.4 Å². The molecule has 1 amide bonds. The van der Waals surface area contributed by atoms with Crippen LogP contribution in [0.2, 0.25) is 0 Å². The van der Waals surface area contributed by atoms with Gasteiger partial charge in [-0.15, -0.1) is 0 Å². The van der Waals surface area contributed by atoms with Gasteiger partial charge in [-0.25, -0.2) is 17.8 Å². The van der Waals surface area contributed by atoms with Gasteiger partial charge in [0.2, 0.25) is 5.91 Å². The third-order valence-corrected chi connectivity index (χ3v) is 8.19. The van der Waals surface area contributed by atoms with Crippen molar-refractivity contribution in [3.05, 3.63) is 102 Å². The second kappa shape index (κ2) is 12.3. The summed E-state index contributed by atoms with van der Waals surface area (Å²) in [5.41, 5.74) is 2.20. The third-order valence-electron chi connectivity index (χ3n) is 7.22. The molecule has 11 heteroatoms. The molecule has 1 aromatic heterocycles. The molecule has 0 radical (unpaired) electrons. The van der Waals surface area contributed by atoms with Gasteiger partial charge in [0.1, 0.15) is 21.4 Å². The van der Waals surface area contributed by atoms with Gasteiger partial charge in [0.15, 0.2) is 5.75 Å². The maximum absolute atomic E-state index is 13.7. The number of anilines is 1. The number of sulfone groups is 1. The second-order valence-electron chi connectivity index (χ2n) is 10.5. The van der Waals surface area contributed by atoms with Crippen molar-refractivity contribution in [3.63, 3.8) is 0 Å². The quantitative estimate of drug-likeness (QED) is 0.383. The molecule has 1 N–H and O–H groups in total. The number of ether oxygens (including phenoxy) is 1. The van der Waals surface area contributed by atoms with E-state index in [0.29, 0.717) is 49.5 Å². The van der Waals surface area contributed by atoms with Crippen LogP contribution >= 0.6 is 0 Å². The number of hydrogen-bond donors (Lipinski definition) is 1. The highest BCUT2D eigenvalue weighted by Gasteiger charge is 2.35. The predicted octanol–water partition coefficient (Wildman–Crippen LogP) is 4.22. The number of amides is 1. The van der Waals surface area contributed by atoms with Gasteiger partial charge in [-0.1, -0.05) is 24.3 Å². The molecule has 2 heterocycles. The summed E-state index contributed by atoms with van der Waals surface area (Å²) in [5.74, 6) is 0.733. The van der Waals surface area contributed by atoms with Crippen LogP contribution in [0.4, 0.5) is 10.1 Å². The van der Waals surface area contributed by atoms with Gasteiger partial charge in [0, 0.05) is 50.6 Å². The summed E-state index contributed by atoms with van der Waals surface area (Å²) in [6.45, 7) is 1.13. The van der Waals surface area contributed by atoms with Crippen molar-refractivity contribution in [1.29, 1.82) is 0 Å². The fourth-order valence-corrected chi connectivity index (χ4v) is 5.84. The summed E-state index contributed by atoms with van der Waals surface area (Å²) >= 11 is 0. The fourth-order valence-electron chi connectivity index (χ4n) is 5.14. The lowest BCUT2D eigenvalue weighted by atomic mass is 10.1. The van der Waals surface area contributed by atoms with Gasteiger partial charge in [0.25, 0.3) is 0 Å². The molecule has 2 aromatic carbocycles. The monoisotopic (exact) mass is 580 g/mol. The number of piperazine rings is 1. The van der Waals surface area contributed by atoms with Crippen LogP contribution in [0.25, 0.3) is 0 Å². The number of benzene rings is 2. The zero-order valence-electron chi connectivity index (χ0n) is 22.8. The number of halogens is 1. The highest BCUT2D eigenvalue weighted by molar-refractivity contribution is 7.90. The van der Waals surface area contributed by atoms with Crippen molar-refractivity contribution in [2.24, 2.45) is 0 Å². The molecule has 5 rings (SSSR count). The van der Waals surface area contributed by atoms with Gasteiger partial charge in [-0.3, -0.25) is 9.69 Å². The molecule has 1 aliphatic carbocycles. The topological polar surface area (TPSA) is 105 Å². The predicted molar refractivity (Wildman–Crippen MR) is 154 cm³/mol.